The molecular weight excluding hydrogens is 336 g/mol. The summed E-state index contributed by atoms with van der Waals surface area (Å²) in [5.74, 6) is -0.104. The second kappa shape index (κ2) is 5.11. The van der Waals surface area contributed by atoms with E-state index in [-0.39, 0.29) is 16.4 Å². The molecule has 0 spiro atoms. The molecule has 1 aromatic carbocycles. The van der Waals surface area contributed by atoms with Gasteiger partial charge in [-0.25, -0.2) is 0 Å². The van der Waals surface area contributed by atoms with Crippen LogP contribution in [0.15, 0.2) is 34.5 Å². The third-order valence-electron chi connectivity index (χ3n) is 3.94. The number of carbonyl (C=O) groups excluding carboxylic acids is 1. The fourth-order valence-electron chi connectivity index (χ4n) is 2.95. The van der Waals surface area contributed by atoms with Gasteiger partial charge < -0.3 is 5.32 Å². The summed E-state index contributed by atoms with van der Waals surface area (Å²) in [6.45, 7) is 1.70. The normalized spacial score (nSPS) is 20.5. The summed E-state index contributed by atoms with van der Waals surface area (Å²) in [5.41, 5.74) is 2.64. The van der Waals surface area contributed by atoms with Crippen LogP contribution in [0.3, 0.4) is 0 Å². The van der Waals surface area contributed by atoms with Crippen molar-refractivity contribution in [2.45, 2.75) is 25.8 Å². The Morgan fingerprint density at radius 3 is 2.86 bits per heavy atom. The third-order valence-corrected chi connectivity index (χ3v) is 4.40. The highest BCUT2D eigenvalue weighted by atomic mass is 79.9. The number of nitrogens with one attached hydrogen (secondary N) is 1. The van der Waals surface area contributed by atoms with Gasteiger partial charge in [0.05, 0.1) is 4.92 Å². The molecule has 5 nitrogen and oxygen atoms in total. The molecule has 1 atom stereocenters. The molecule has 0 fully saturated rings. The van der Waals surface area contributed by atoms with Crippen LogP contribution >= 0.6 is 15.9 Å². The molecule has 0 saturated heterocycles. The van der Waals surface area contributed by atoms with Gasteiger partial charge in [-0.15, -0.1) is 0 Å². The zero-order chi connectivity index (χ0) is 15.1. The van der Waals surface area contributed by atoms with E-state index in [9.17, 15) is 14.9 Å². The number of benzene rings is 1. The van der Waals surface area contributed by atoms with E-state index in [0.717, 1.165) is 10.1 Å². The van der Waals surface area contributed by atoms with Crippen LogP contribution in [0.4, 0.5) is 5.69 Å². The van der Waals surface area contributed by atoms with Crippen molar-refractivity contribution >= 4 is 27.4 Å². The summed E-state index contributed by atoms with van der Waals surface area (Å²) in [6, 6.07) is 2.94. The second-order valence-corrected chi connectivity index (χ2v) is 6.14. The van der Waals surface area contributed by atoms with Gasteiger partial charge >= 0.3 is 0 Å². The van der Waals surface area contributed by atoms with E-state index < -0.39 is 6.04 Å². The van der Waals surface area contributed by atoms with Gasteiger partial charge in [0, 0.05) is 27.4 Å². The van der Waals surface area contributed by atoms with Crippen molar-refractivity contribution in [3.63, 3.8) is 0 Å². The van der Waals surface area contributed by atoms with Crippen molar-refractivity contribution in [3.8, 4) is 0 Å². The average Bonchev–Trinajstić information content (AvgIpc) is 2.56. The van der Waals surface area contributed by atoms with Crippen LogP contribution in [-0.2, 0) is 6.42 Å². The largest absolute Gasteiger partial charge is 0.377 e. The van der Waals surface area contributed by atoms with Crippen molar-refractivity contribution in [1.82, 2.24) is 5.32 Å². The molecule has 1 aliphatic carbocycles. The molecule has 2 aliphatic rings. The highest BCUT2D eigenvalue weighted by molar-refractivity contribution is 9.11. The Bertz CT molecular complexity index is 722. The molecule has 0 bridgehead atoms. The highest BCUT2D eigenvalue weighted by Crippen LogP contribution is 2.34. The smallest absolute Gasteiger partial charge is 0.276 e. The molecule has 108 valence electrons. The SMILES string of the molecule is Cc1ccc2c(c1[N+](=O)[O-])CCC1=CC(Br)=CNC1C2=O. The Morgan fingerprint density at radius 2 is 2.14 bits per heavy atom. The van der Waals surface area contributed by atoms with Gasteiger partial charge in [-0.3, -0.25) is 14.9 Å². The van der Waals surface area contributed by atoms with E-state index in [1.165, 1.54) is 0 Å². The molecule has 1 unspecified atom stereocenters. The lowest BCUT2D eigenvalue weighted by Gasteiger charge is -2.21. The fourth-order valence-corrected chi connectivity index (χ4v) is 3.38. The molecular formula is C15H13BrN2O3. The molecule has 0 saturated carbocycles. The summed E-state index contributed by atoms with van der Waals surface area (Å²) < 4.78 is 0.873. The standard InChI is InChI=1S/C15H13BrN2O3/c1-8-2-4-12-11(14(8)18(20)21)5-3-9-6-10(16)7-17-13(9)15(12)19/h2,4,6-7,13,17H,3,5H2,1H3. The van der Waals surface area contributed by atoms with E-state index in [1.807, 2.05) is 6.08 Å². The summed E-state index contributed by atoms with van der Waals surface area (Å²) in [5, 5.41) is 14.4. The minimum Gasteiger partial charge on any atom is -0.377 e. The predicted molar refractivity (Wildman–Crippen MR) is 82.5 cm³/mol. The zero-order valence-corrected chi connectivity index (χ0v) is 12.9. The minimum absolute atomic E-state index is 0.0760. The number of hydrogen-bond acceptors (Lipinski definition) is 4. The number of carbonyl (C=O) groups is 1. The monoisotopic (exact) mass is 348 g/mol. The van der Waals surface area contributed by atoms with E-state index >= 15 is 0 Å². The summed E-state index contributed by atoms with van der Waals surface area (Å²) in [6.07, 6.45) is 4.79. The van der Waals surface area contributed by atoms with Gasteiger partial charge in [0.2, 0.25) is 0 Å². The number of allylic oxidation sites excluding steroid dienone is 2. The summed E-state index contributed by atoms with van der Waals surface area (Å²) >= 11 is 3.38. The van der Waals surface area contributed by atoms with Gasteiger partial charge in [0.25, 0.3) is 5.69 Å². The van der Waals surface area contributed by atoms with Crippen molar-refractivity contribution in [1.29, 1.82) is 0 Å². The minimum atomic E-state index is -0.421. The van der Waals surface area contributed by atoms with Crippen LogP contribution in [0.25, 0.3) is 0 Å². The topological polar surface area (TPSA) is 72.2 Å². The maximum absolute atomic E-state index is 12.7. The van der Waals surface area contributed by atoms with Crippen molar-refractivity contribution in [3.05, 3.63) is 61.3 Å². The first-order valence-electron chi connectivity index (χ1n) is 6.62. The first-order valence-corrected chi connectivity index (χ1v) is 7.41. The molecule has 0 radical (unpaired) electrons. The average molecular weight is 349 g/mol. The number of aryl methyl sites for hydroxylation is 1. The molecule has 3 rings (SSSR count). The Labute approximate surface area is 130 Å². The molecule has 0 aromatic heterocycles. The lowest BCUT2D eigenvalue weighted by Crippen LogP contribution is -2.36. The van der Waals surface area contributed by atoms with E-state index in [4.69, 9.17) is 0 Å². The van der Waals surface area contributed by atoms with Crippen molar-refractivity contribution in [2.24, 2.45) is 0 Å². The Balaban J connectivity index is 2.15. The zero-order valence-electron chi connectivity index (χ0n) is 11.4. The van der Waals surface area contributed by atoms with E-state index in [1.54, 1.807) is 25.3 Å². The maximum atomic E-state index is 12.7. The number of nitrogens with zero attached hydrogens (tertiary/aromatic N) is 1. The maximum Gasteiger partial charge on any atom is 0.276 e. The van der Waals surface area contributed by atoms with Gasteiger partial charge in [-0.05, 0) is 47.3 Å². The van der Waals surface area contributed by atoms with Crippen LogP contribution in [-0.4, -0.2) is 16.7 Å². The number of nitro benzene ring substituents is 1. The van der Waals surface area contributed by atoms with E-state index in [2.05, 4.69) is 21.2 Å². The van der Waals surface area contributed by atoms with E-state index in [0.29, 0.717) is 29.5 Å². The van der Waals surface area contributed by atoms with Gasteiger partial charge in [-0.1, -0.05) is 12.1 Å². The van der Waals surface area contributed by atoms with Crippen molar-refractivity contribution in [2.75, 3.05) is 0 Å². The molecule has 6 heteroatoms. The van der Waals surface area contributed by atoms with Gasteiger partial charge in [0.1, 0.15) is 6.04 Å². The summed E-state index contributed by atoms with van der Waals surface area (Å²) in [7, 11) is 0. The van der Waals surface area contributed by atoms with Crippen molar-refractivity contribution < 1.29 is 9.72 Å². The first-order chi connectivity index (χ1) is 9.99. The second-order valence-electron chi connectivity index (χ2n) is 5.23. The van der Waals surface area contributed by atoms with Crippen LogP contribution in [0.2, 0.25) is 0 Å². The molecule has 0 amide bonds. The fraction of sp³-hybridized carbons (Fsp3) is 0.267. The third kappa shape index (κ3) is 2.29. The molecule has 1 aromatic rings. The number of rotatable bonds is 1. The van der Waals surface area contributed by atoms with Gasteiger partial charge in [-0.2, -0.15) is 0 Å². The lowest BCUT2D eigenvalue weighted by molar-refractivity contribution is -0.386. The number of ketones is 1. The Hall–Kier alpha value is -1.95. The number of Topliss-reactive ketones (excluding diaryl/α,β-unsaturated/α-hetero) is 1. The number of nitro groups is 1. The molecule has 1 N–H and O–H groups in total. The predicted octanol–water partition coefficient (Wildman–Crippen LogP) is 3.17. The molecule has 1 heterocycles. The highest BCUT2D eigenvalue weighted by Gasteiger charge is 2.34. The van der Waals surface area contributed by atoms with Crippen LogP contribution in [0, 0.1) is 17.0 Å². The van der Waals surface area contributed by atoms with Crippen LogP contribution in [0.5, 0.6) is 0 Å². The van der Waals surface area contributed by atoms with Crippen LogP contribution in [0.1, 0.15) is 27.9 Å². The number of hydrogen-bond donors (Lipinski definition) is 1. The van der Waals surface area contributed by atoms with Crippen LogP contribution < -0.4 is 5.32 Å². The lowest BCUT2D eigenvalue weighted by atomic mass is 9.95. The quantitative estimate of drug-likeness (QED) is 0.624. The Morgan fingerprint density at radius 1 is 1.38 bits per heavy atom. The first kappa shape index (κ1) is 14.0. The molecule has 1 aliphatic heterocycles. The molecule has 21 heavy (non-hydrogen) atoms. The number of fused-ring (bicyclic) bond motifs is 2. The number of dihydropyridines is 1. The summed E-state index contributed by atoms with van der Waals surface area (Å²) in [4.78, 5) is 23.6. The van der Waals surface area contributed by atoms with Gasteiger partial charge in [0.15, 0.2) is 5.78 Å². The number of halogens is 1. The Kier molecular flexibility index (Phi) is 3.41.